The van der Waals surface area contributed by atoms with Crippen molar-refractivity contribution in [3.63, 3.8) is 0 Å². The Morgan fingerprint density at radius 2 is 1.61 bits per heavy atom. The summed E-state index contributed by atoms with van der Waals surface area (Å²) in [7, 11) is 0. The third kappa shape index (κ3) is 5.97. The fourth-order valence-corrected chi connectivity index (χ4v) is 5.01. The number of nitrogens with zero attached hydrogens (tertiary/aromatic N) is 2. The van der Waals surface area contributed by atoms with Crippen LogP contribution in [0.4, 0.5) is 18.2 Å². The second-order valence-corrected chi connectivity index (χ2v) is 9.46. The molecule has 2 heterocycles. The number of carbonyl (C=O) groups excluding carboxylic acids is 2. The molecule has 3 aromatic carbocycles. The summed E-state index contributed by atoms with van der Waals surface area (Å²) in [6.07, 6.45) is -4.89. The zero-order chi connectivity index (χ0) is 29.1. The van der Waals surface area contributed by atoms with Gasteiger partial charge in [-0.2, -0.15) is 9.78 Å². The molecular weight excluding hydrogens is 559 g/mol. The van der Waals surface area contributed by atoms with E-state index in [0.717, 1.165) is 39.3 Å². The van der Waals surface area contributed by atoms with E-state index in [2.05, 4.69) is 15.2 Å². The van der Waals surface area contributed by atoms with E-state index in [4.69, 9.17) is 4.74 Å². The number of halogens is 3. The number of amides is 1. The van der Waals surface area contributed by atoms with Crippen molar-refractivity contribution in [1.82, 2.24) is 9.78 Å². The second-order valence-electron chi connectivity index (χ2n) is 8.58. The number of hydrogen-bond acceptors (Lipinski definition) is 7. The SMILES string of the molecule is CCOC(=O)c1nn(-c2ccc(OC(F)(F)F)cc2)c(=O)c2c(NC(=O)c3ccc(-c4ccccc4)cc3)scc12. The summed E-state index contributed by atoms with van der Waals surface area (Å²) < 4.78 is 47.6. The Morgan fingerprint density at radius 1 is 0.951 bits per heavy atom. The van der Waals surface area contributed by atoms with Crippen molar-refractivity contribution < 1.29 is 32.2 Å². The Morgan fingerprint density at radius 3 is 2.24 bits per heavy atom. The molecule has 0 saturated heterocycles. The van der Waals surface area contributed by atoms with E-state index in [-0.39, 0.29) is 33.8 Å². The van der Waals surface area contributed by atoms with Gasteiger partial charge in [-0.05, 0) is 54.4 Å². The number of carbonyl (C=O) groups is 2. The minimum Gasteiger partial charge on any atom is -0.461 e. The molecule has 2 aromatic heterocycles. The first-order valence-corrected chi connectivity index (χ1v) is 13.1. The third-order valence-corrected chi connectivity index (χ3v) is 6.81. The number of alkyl halides is 3. The van der Waals surface area contributed by atoms with Crippen LogP contribution in [0.25, 0.3) is 27.6 Å². The molecule has 5 aromatic rings. The van der Waals surface area contributed by atoms with Gasteiger partial charge in [-0.3, -0.25) is 9.59 Å². The Labute approximate surface area is 234 Å². The van der Waals surface area contributed by atoms with Crippen LogP contribution in [0, 0.1) is 0 Å². The van der Waals surface area contributed by atoms with Crippen LogP contribution in [0.3, 0.4) is 0 Å². The molecule has 208 valence electrons. The number of esters is 1. The van der Waals surface area contributed by atoms with Gasteiger partial charge >= 0.3 is 12.3 Å². The zero-order valence-corrected chi connectivity index (χ0v) is 22.1. The minimum absolute atomic E-state index is 0.00192. The fraction of sp³-hybridized carbons (Fsp3) is 0.103. The van der Waals surface area contributed by atoms with Crippen molar-refractivity contribution in [2.24, 2.45) is 0 Å². The molecule has 5 rings (SSSR count). The van der Waals surface area contributed by atoms with Crippen molar-refractivity contribution in [3.8, 4) is 22.6 Å². The smallest absolute Gasteiger partial charge is 0.461 e. The highest BCUT2D eigenvalue weighted by atomic mass is 32.1. The average molecular weight is 580 g/mol. The Balaban J connectivity index is 1.52. The number of anilines is 1. The van der Waals surface area contributed by atoms with Crippen molar-refractivity contribution >= 4 is 39.0 Å². The van der Waals surface area contributed by atoms with Crippen LogP contribution < -0.4 is 15.6 Å². The van der Waals surface area contributed by atoms with Gasteiger partial charge < -0.3 is 14.8 Å². The lowest BCUT2D eigenvalue weighted by Gasteiger charge is -2.12. The lowest BCUT2D eigenvalue weighted by Crippen LogP contribution is -2.25. The molecule has 0 bridgehead atoms. The molecule has 0 aliphatic rings. The molecule has 0 aliphatic heterocycles. The quantitative estimate of drug-likeness (QED) is 0.223. The maximum absolute atomic E-state index is 13.6. The van der Waals surface area contributed by atoms with E-state index in [9.17, 15) is 27.6 Å². The van der Waals surface area contributed by atoms with E-state index in [1.165, 1.54) is 17.5 Å². The maximum atomic E-state index is 13.6. The first-order valence-electron chi connectivity index (χ1n) is 12.2. The number of ether oxygens (including phenoxy) is 2. The number of hydrogen-bond donors (Lipinski definition) is 1. The molecule has 8 nitrogen and oxygen atoms in total. The van der Waals surface area contributed by atoms with Gasteiger partial charge in [-0.25, -0.2) is 4.79 Å². The number of thiophene rings is 1. The van der Waals surface area contributed by atoms with Crippen LogP contribution in [0.1, 0.15) is 27.8 Å². The molecule has 0 saturated carbocycles. The van der Waals surface area contributed by atoms with Gasteiger partial charge in [-0.15, -0.1) is 24.5 Å². The van der Waals surface area contributed by atoms with Crippen LogP contribution in [0.2, 0.25) is 0 Å². The predicted molar refractivity (Wildman–Crippen MR) is 148 cm³/mol. The number of nitrogens with one attached hydrogen (secondary N) is 1. The lowest BCUT2D eigenvalue weighted by molar-refractivity contribution is -0.274. The van der Waals surface area contributed by atoms with Crippen LogP contribution >= 0.6 is 11.3 Å². The van der Waals surface area contributed by atoms with Crippen molar-refractivity contribution in [1.29, 1.82) is 0 Å². The molecule has 1 amide bonds. The summed E-state index contributed by atoms with van der Waals surface area (Å²) in [5.74, 6) is -1.79. The van der Waals surface area contributed by atoms with Gasteiger partial charge in [0, 0.05) is 16.3 Å². The van der Waals surface area contributed by atoms with Crippen LogP contribution in [-0.2, 0) is 4.74 Å². The topological polar surface area (TPSA) is 99.5 Å². The van der Waals surface area contributed by atoms with Gasteiger partial charge in [-0.1, -0.05) is 42.5 Å². The molecule has 0 atom stereocenters. The molecule has 0 radical (unpaired) electrons. The highest BCUT2D eigenvalue weighted by Crippen LogP contribution is 2.32. The first kappa shape index (κ1) is 27.6. The third-order valence-electron chi connectivity index (χ3n) is 5.92. The van der Waals surface area contributed by atoms with Crippen molar-refractivity contribution in [2.45, 2.75) is 13.3 Å². The van der Waals surface area contributed by atoms with E-state index in [1.807, 2.05) is 30.3 Å². The van der Waals surface area contributed by atoms with Crippen LogP contribution in [0.15, 0.2) is 89.0 Å². The van der Waals surface area contributed by atoms with E-state index in [1.54, 1.807) is 31.2 Å². The normalized spacial score (nSPS) is 11.3. The summed E-state index contributed by atoms with van der Waals surface area (Å²) in [6, 6.07) is 21.0. The molecule has 0 aliphatic carbocycles. The van der Waals surface area contributed by atoms with Gasteiger partial charge in [0.2, 0.25) is 0 Å². The Hall–Kier alpha value is -4.97. The lowest BCUT2D eigenvalue weighted by atomic mass is 10.0. The van der Waals surface area contributed by atoms with Gasteiger partial charge in [0.05, 0.1) is 17.7 Å². The largest absolute Gasteiger partial charge is 0.573 e. The summed E-state index contributed by atoms with van der Waals surface area (Å²) in [5.41, 5.74) is 1.42. The standard InChI is InChI=1S/C29H20F3N3O5S/c1-2-39-28(38)24-22-16-41-26(33-25(36)19-10-8-18(9-11-19)17-6-4-3-5-7-17)23(22)27(37)35(34-24)20-12-14-21(15-13-20)40-29(30,31)32/h3-16H,2H2,1H3,(H,33,36). The van der Waals surface area contributed by atoms with Gasteiger partial charge in [0.1, 0.15) is 10.8 Å². The van der Waals surface area contributed by atoms with Gasteiger partial charge in [0.15, 0.2) is 5.69 Å². The monoisotopic (exact) mass is 579 g/mol. The Bertz CT molecular complexity index is 1780. The minimum atomic E-state index is -4.89. The summed E-state index contributed by atoms with van der Waals surface area (Å²) in [5, 5.41) is 8.72. The predicted octanol–water partition coefficient (Wildman–Crippen LogP) is 6.44. The maximum Gasteiger partial charge on any atom is 0.573 e. The van der Waals surface area contributed by atoms with E-state index < -0.39 is 29.5 Å². The van der Waals surface area contributed by atoms with Crippen LogP contribution in [0.5, 0.6) is 5.75 Å². The van der Waals surface area contributed by atoms with Crippen molar-refractivity contribution in [3.05, 3.63) is 106 Å². The molecule has 0 unspecified atom stereocenters. The summed E-state index contributed by atoms with van der Waals surface area (Å²) >= 11 is 1.02. The Kier molecular flexibility index (Phi) is 7.58. The summed E-state index contributed by atoms with van der Waals surface area (Å²) in [4.78, 5) is 39.4. The first-order chi connectivity index (χ1) is 19.6. The fourth-order valence-electron chi connectivity index (χ4n) is 4.08. The molecule has 12 heteroatoms. The molecule has 0 fully saturated rings. The number of benzene rings is 3. The highest BCUT2D eigenvalue weighted by molar-refractivity contribution is 7.16. The van der Waals surface area contributed by atoms with Gasteiger partial charge in [0.25, 0.3) is 11.5 Å². The molecular formula is C29H20F3N3O5S. The van der Waals surface area contributed by atoms with E-state index in [0.29, 0.717) is 5.56 Å². The molecule has 1 N–H and O–H groups in total. The number of fused-ring (bicyclic) bond motifs is 1. The summed E-state index contributed by atoms with van der Waals surface area (Å²) in [6.45, 7) is 1.64. The number of rotatable bonds is 7. The van der Waals surface area contributed by atoms with Crippen LogP contribution in [-0.4, -0.2) is 34.6 Å². The molecule has 0 spiro atoms. The molecule has 41 heavy (non-hydrogen) atoms. The number of aromatic nitrogens is 2. The van der Waals surface area contributed by atoms with Crippen molar-refractivity contribution in [2.75, 3.05) is 11.9 Å². The highest BCUT2D eigenvalue weighted by Gasteiger charge is 2.31. The zero-order valence-electron chi connectivity index (χ0n) is 21.3. The van der Waals surface area contributed by atoms with E-state index >= 15 is 0 Å². The average Bonchev–Trinajstić information content (AvgIpc) is 3.37. The second kappa shape index (κ2) is 11.3.